The summed E-state index contributed by atoms with van der Waals surface area (Å²) in [6, 6.07) is 0. The normalized spacial score (nSPS) is 15.7. The monoisotopic (exact) mass is 462 g/mol. The van der Waals surface area contributed by atoms with Gasteiger partial charge in [0.25, 0.3) is 0 Å². The Hall–Kier alpha value is -1.87. The summed E-state index contributed by atoms with van der Waals surface area (Å²) in [7, 11) is 0. The summed E-state index contributed by atoms with van der Waals surface area (Å²) in [4.78, 5) is 26.7. The summed E-state index contributed by atoms with van der Waals surface area (Å²) in [6.45, 7) is 6.68. The second-order valence-electron chi connectivity index (χ2n) is 8.47. The highest BCUT2D eigenvalue weighted by atomic mass is 32.2. The third-order valence-corrected chi connectivity index (χ3v) is 7.61. The Labute approximate surface area is 191 Å². The third kappa shape index (κ3) is 5.14. The van der Waals surface area contributed by atoms with Crippen molar-refractivity contribution in [2.45, 2.75) is 89.4 Å². The molecule has 0 aromatic carbocycles. The lowest BCUT2D eigenvalue weighted by Gasteiger charge is -2.14. The maximum absolute atomic E-state index is 12.8. The van der Waals surface area contributed by atoms with Crippen molar-refractivity contribution in [1.29, 1.82) is 0 Å². The van der Waals surface area contributed by atoms with Crippen LogP contribution >= 0.6 is 23.1 Å². The van der Waals surface area contributed by atoms with Gasteiger partial charge in [0.2, 0.25) is 5.91 Å². The molecule has 2 aliphatic carbocycles. The molecule has 1 fully saturated rings. The molecule has 0 saturated heterocycles. The number of thiophene rings is 1. The number of esters is 1. The van der Waals surface area contributed by atoms with Gasteiger partial charge in [-0.2, -0.15) is 0 Å². The van der Waals surface area contributed by atoms with E-state index in [1.54, 1.807) is 0 Å². The lowest BCUT2D eigenvalue weighted by molar-refractivity contribution is -0.113. The molecule has 31 heavy (non-hydrogen) atoms. The van der Waals surface area contributed by atoms with Crippen LogP contribution in [0.3, 0.4) is 0 Å². The number of carbonyl (C=O) groups is 2. The molecule has 1 saturated carbocycles. The van der Waals surface area contributed by atoms with E-state index in [4.69, 9.17) is 4.74 Å². The van der Waals surface area contributed by atoms with Crippen molar-refractivity contribution in [3.05, 3.63) is 21.8 Å². The van der Waals surface area contributed by atoms with Gasteiger partial charge in [-0.25, -0.2) is 4.79 Å². The molecule has 9 heteroatoms. The summed E-state index contributed by atoms with van der Waals surface area (Å²) >= 11 is 2.93. The Morgan fingerprint density at radius 3 is 2.74 bits per heavy atom. The van der Waals surface area contributed by atoms with Gasteiger partial charge in [-0.3, -0.25) is 4.79 Å². The van der Waals surface area contributed by atoms with Crippen LogP contribution in [0.2, 0.25) is 0 Å². The number of aryl methyl sites for hydroxylation is 1. The van der Waals surface area contributed by atoms with Crippen molar-refractivity contribution in [3.63, 3.8) is 0 Å². The standard InChI is InChI=1S/C22H30N4O3S2/c1-4-11-26-19(14-9-10-14)24-25-22(26)30-12-17(27)23-20-18(21(28)29-13(2)3)15-7-5-6-8-16(15)31-20/h13-14H,4-12H2,1-3H3,(H,23,27). The molecule has 0 bridgehead atoms. The van der Waals surface area contributed by atoms with Crippen LogP contribution in [0.5, 0.6) is 0 Å². The number of hydrogen-bond donors (Lipinski definition) is 1. The maximum Gasteiger partial charge on any atom is 0.341 e. The molecule has 4 rings (SSSR count). The summed E-state index contributed by atoms with van der Waals surface area (Å²) in [5, 5.41) is 13.1. The van der Waals surface area contributed by atoms with Crippen LogP contribution in [0.15, 0.2) is 5.16 Å². The number of aromatic nitrogens is 3. The number of amides is 1. The van der Waals surface area contributed by atoms with E-state index in [0.29, 0.717) is 16.5 Å². The zero-order valence-corrected chi connectivity index (χ0v) is 20.0. The average molecular weight is 463 g/mol. The van der Waals surface area contributed by atoms with E-state index in [9.17, 15) is 9.59 Å². The van der Waals surface area contributed by atoms with E-state index in [2.05, 4.69) is 27.0 Å². The Morgan fingerprint density at radius 1 is 1.26 bits per heavy atom. The Kier molecular flexibility index (Phi) is 7.01. The van der Waals surface area contributed by atoms with Crippen LogP contribution in [0.25, 0.3) is 0 Å². The lowest BCUT2D eigenvalue weighted by Crippen LogP contribution is -2.19. The number of carbonyl (C=O) groups excluding carboxylic acids is 2. The Balaban J connectivity index is 1.46. The predicted octanol–water partition coefficient (Wildman–Crippen LogP) is 4.80. The highest BCUT2D eigenvalue weighted by Gasteiger charge is 2.31. The van der Waals surface area contributed by atoms with Crippen molar-refractivity contribution in [1.82, 2.24) is 14.8 Å². The van der Waals surface area contributed by atoms with Gasteiger partial charge in [0.15, 0.2) is 5.16 Å². The van der Waals surface area contributed by atoms with Gasteiger partial charge in [0.1, 0.15) is 10.8 Å². The van der Waals surface area contributed by atoms with Crippen LogP contribution in [0, 0.1) is 0 Å². The highest BCUT2D eigenvalue weighted by molar-refractivity contribution is 7.99. The number of nitrogens with one attached hydrogen (secondary N) is 1. The fourth-order valence-corrected chi connectivity index (χ4v) is 5.98. The molecule has 0 radical (unpaired) electrons. The van der Waals surface area contributed by atoms with Gasteiger partial charge >= 0.3 is 5.97 Å². The first-order chi connectivity index (χ1) is 15.0. The average Bonchev–Trinajstić information content (AvgIpc) is 3.39. The minimum Gasteiger partial charge on any atom is -0.459 e. The zero-order chi connectivity index (χ0) is 22.0. The van der Waals surface area contributed by atoms with E-state index < -0.39 is 0 Å². The molecule has 0 unspecified atom stereocenters. The van der Waals surface area contributed by atoms with Crippen LogP contribution in [-0.2, 0) is 28.9 Å². The Bertz CT molecular complexity index is 962. The topological polar surface area (TPSA) is 86.1 Å². The van der Waals surface area contributed by atoms with E-state index in [1.807, 2.05) is 13.8 Å². The van der Waals surface area contributed by atoms with Gasteiger partial charge in [-0.1, -0.05) is 18.7 Å². The SMILES string of the molecule is CCCn1c(SCC(=O)Nc2sc3c(c2C(=O)OC(C)C)CCCC3)nnc1C1CC1. The van der Waals surface area contributed by atoms with Crippen LogP contribution in [0.1, 0.15) is 85.4 Å². The first kappa shape index (κ1) is 22.3. The third-order valence-electron chi connectivity index (χ3n) is 5.44. The van der Waals surface area contributed by atoms with Gasteiger partial charge < -0.3 is 14.6 Å². The number of fused-ring (bicyclic) bond motifs is 1. The number of thioether (sulfide) groups is 1. The number of anilines is 1. The van der Waals surface area contributed by atoms with E-state index in [-0.39, 0.29) is 23.7 Å². The minimum atomic E-state index is -0.339. The quantitative estimate of drug-likeness (QED) is 0.425. The van der Waals surface area contributed by atoms with Crippen molar-refractivity contribution in [3.8, 4) is 0 Å². The van der Waals surface area contributed by atoms with Gasteiger partial charge in [-0.15, -0.1) is 21.5 Å². The molecule has 7 nitrogen and oxygen atoms in total. The summed E-state index contributed by atoms with van der Waals surface area (Å²) in [6.07, 6.45) is 7.14. The van der Waals surface area contributed by atoms with E-state index in [1.165, 1.54) is 40.8 Å². The van der Waals surface area contributed by atoms with E-state index in [0.717, 1.165) is 55.2 Å². The molecule has 0 spiro atoms. The molecule has 1 amide bonds. The summed E-state index contributed by atoms with van der Waals surface area (Å²) in [5.74, 6) is 1.33. The largest absolute Gasteiger partial charge is 0.459 e. The summed E-state index contributed by atoms with van der Waals surface area (Å²) in [5.41, 5.74) is 1.61. The van der Waals surface area contributed by atoms with Crippen molar-refractivity contribution in [2.24, 2.45) is 0 Å². The minimum absolute atomic E-state index is 0.138. The number of ether oxygens (including phenoxy) is 1. The smallest absolute Gasteiger partial charge is 0.341 e. The fourth-order valence-electron chi connectivity index (χ4n) is 3.92. The van der Waals surface area contributed by atoms with Gasteiger partial charge in [0, 0.05) is 17.3 Å². The molecule has 0 atom stereocenters. The van der Waals surface area contributed by atoms with Crippen molar-refractivity contribution >= 4 is 40.0 Å². The fraction of sp³-hybridized carbons (Fsp3) is 0.636. The van der Waals surface area contributed by atoms with Gasteiger partial charge in [-0.05, 0) is 64.4 Å². The molecule has 2 aromatic rings. The number of rotatable bonds is 9. The molecule has 2 heterocycles. The molecule has 2 aromatic heterocycles. The second kappa shape index (κ2) is 9.73. The van der Waals surface area contributed by atoms with Crippen molar-refractivity contribution in [2.75, 3.05) is 11.1 Å². The molecule has 1 N–H and O–H groups in total. The second-order valence-corrected chi connectivity index (χ2v) is 10.5. The van der Waals surface area contributed by atoms with Gasteiger partial charge in [0.05, 0.1) is 17.4 Å². The predicted molar refractivity (Wildman–Crippen MR) is 123 cm³/mol. The summed E-state index contributed by atoms with van der Waals surface area (Å²) < 4.78 is 7.63. The first-order valence-corrected chi connectivity index (χ1v) is 13.0. The van der Waals surface area contributed by atoms with Crippen LogP contribution in [-0.4, -0.2) is 38.5 Å². The molecule has 2 aliphatic rings. The van der Waals surface area contributed by atoms with Crippen LogP contribution in [0.4, 0.5) is 5.00 Å². The maximum atomic E-state index is 12.8. The van der Waals surface area contributed by atoms with Crippen LogP contribution < -0.4 is 5.32 Å². The Morgan fingerprint density at radius 2 is 2.03 bits per heavy atom. The molecular weight excluding hydrogens is 432 g/mol. The highest BCUT2D eigenvalue weighted by Crippen LogP contribution is 2.41. The first-order valence-electron chi connectivity index (χ1n) is 11.2. The zero-order valence-electron chi connectivity index (χ0n) is 18.4. The molecular formula is C22H30N4O3S2. The molecule has 0 aliphatic heterocycles. The van der Waals surface area contributed by atoms with Crippen molar-refractivity contribution < 1.29 is 14.3 Å². The lowest BCUT2D eigenvalue weighted by atomic mass is 9.95. The van der Waals surface area contributed by atoms with E-state index >= 15 is 0 Å². The number of hydrogen-bond acceptors (Lipinski definition) is 7. The number of nitrogens with zero attached hydrogens (tertiary/aromatic N) is 3. The molecule has 168 valence electrons.